The molecule has 0 aromatic heterocycles. The molecule has 12 heavy (non-hydrogen) atoms. The van der Waals surface area contributed by atoms with E-state index in [1.165, 1.54) is 6.20 Å². The summed E-state index contributed by atoms with van der Waals surface area (Å²) in [6, 6.07) is 7.11. The van der Waals surface area contributed by atoms with Gasteiger partial charge in [-0.2, -0.15) is 29.7 Å². The standard InChI is InChI=1S/C8H9N2O.Zn/c9-6-5-7-1-3-8(11-10)4-2-7;/h1-4,6H,9-10H2;/q-1;. The maximum Gasteiger partial charge on any atom is 0.122 e. The summed E-state index contributed by atoms with van der Waals surface area (Å²) in [7, 11) is 0. The Labute approximate surface area is 84.1 Å². The molecule has 0 spiro atoms. The first-order valence-electron chi connectivity index (χ1n) is 3.13. The van der Waals surface area contributed by atoms with Crippen molar-refractivity contribution in [2.24, 2.45) is 11.6 Å². The molecule has 0 aliphatic rings. The van der Waals surface area contributed by atoms with Gasteiger partial charge in [0, 0.05) is 19.5 Å². The third-order valence-corrected chi connectivity index (χ3v) is 1.24. The molecular formula is C8H9N2OZn-. The summed E-state index contributed by atoms with van der Waals surface area (Å²) in [6.07, 6.45) is 4.17. The van der Waals surface area contributed by atoms with E-state index in [1.807, 2.05) is 12.1 Å². The predicted molar refractivity (Wildman–Crippen MR) is 42.4 cm³/mol. The molecule has 0 fully saturated rings. The summed E-state index contributed by atoms with van der Waals surface area (Å²) < 4.78 is 0. The molecule has 0 radical (unpaired) electrons. The molecule has 1 aromatic rings. The summed E-state index contributed by atoms with van der Waals surface area (Å²) in [5.74, 6) is 5.54. The number of nitrogens with two attached hydrogens (primary N) is 2. The predicted octanol–water partition coefficient (Wildman–Crippen LogP) is 0.560. The number of rotatable bonds is 2. The Morgan fingerprint density at radius 3 is 2.25 bits per heavy atom. The summed E-state index contributed by atoms with van der Waals surface area (Å²) in [6.45, 7) is 0. The van der Waals surface area contributed by atoms with E-state index in [9.17, 15) is 0 Å². The molecule has 0 saturated heterocycles. The van der Waals surface area contributed by atoms with Crippen molar-refractivity contribution in [3.63, 3.8) is 0 Å². The fourth-order valence-corrected chi connectivity index (χ4v) is 0.726. The normalized spacial score (nSPS) is 9.42. The van der Waals surface area contributed by atoms with Crippen molar-refractivity contribution in [2.45, 2.75) is 0 Å². The zero-order valence-corrected chi connectivity index (χ0v) is 9.62. The van der Waals surface area contributed by atoms with Crippen molar-refractivity contribution >= 4 is 0 Å². The van der Waals surface area contributed by atoms with Gasteiger partial charge in [0.05, 0.1) is 0 Å². The van der Waals surface area contributed by atoms with Crippen LogP contribution in [0, 0.1) is 6.08 Å². The van der Waals surface area contributed by atoms with Crippen LogP contribution >= 0.6 is 0 Å². The first-order valence-corrected chi connectivity index (χ1v) is 3.13. The molecule has 0 saturated carbocycles. The molecule has 0 bridgehead atoms. The van der Waals surface area contributed by atoms with Gasteiger partial charge in [0.15, 0.2) is 0 Å². The van der Waals surface area contributed by atoms with Gasteiger partial charge in [-0.25, -0.2) is 0 Å². The molecule has 1 aromatic carbocycles. The fraction of sp³-hybridized carbons (Fsp3) is 0. The van der Waals surface area contributed by atoms with E-state index in [1.54, 1.807) is 12.1 Å². The second kappa shape index (κ2) is 5.75. The third-order valence-electron chi connectivity index (χ3n) is 1.24. The fourth-order valence-electron chi connectivity index (χ4n) is 0.726. The Kier molecular flexibility index (Phi) is 5.34. The van der Waals surface area contributed by atoms with Crippen LogP contribution in [0.5, 0.6) is 5.75 Å². The molecule has 4 heteroatoms. The largest absolute Gasteiger partial charge is 0.415 e. The van der Waals surface area contributed by atoms with Gasteiger partial charge in [0.1, 0.15) is 5.75 Å². The van der Waals surface area contributed by atoms with Gasteiger partial charge in [-0.3, -0.25) is 0 Å². The number of benzene rings is 1. The second-order valence-corrected chi connectivity index (χ2v) is 1.95. The van der Waals surface area contributed by atoms with Gasteiger partial charge in [-0.15, -0.1) is 0 Å². The van der Waals surface area contributed by atoms with Crippen LogP contribution in [0.1, 0.15) is 5.56 Å². The van der Waals surface area contributed by atoms with Crippen molar-refractivity contribution in [3.05, 3.63) is 42.1 Å². The van der Waals surface area contributed by atoms with Crippen LogP contribution in [0.4, 0.5) is 0 Å². The number of hydrogen-bond donors (Lipinski definition) is 2. The second-order valence-electron chi connectivity index (χ2n) is 1.95. The van der Waals surface area contributed by atoms with Crippen molar-refractivity contribution < 1.29 is 24.3 Å². The van der Waals surface area contributed by atoms with Crippen LogP contribution < -0.4 is 16.5 Å². The molecule has 0 heterocycles. The quantitative estimate of drug-likeness (QED) is 0.430. The van der Waals surface area contributed by atoms with Crippen LogP contribution in [0.3, 0.4) is 0 Å². The minimum absolute atomic E-state index is 0. The first kappa shape index (κ1) is 11.1. The minimum Gasteiger partial charge on any atom is -0.415 e. The van der Waals surface area contributed by atoms with E-state index in [0.717, 1.165) is 5.56 Å². The van der Waals surface area contributed by atoms with E-state index in [2.05, 4.69) is 10.9 Å². The third kappa shape index (κ3) is 3.03. The first-order chi connectivity index (χ1) is 5.36. The van der Waals surface area contributed by atoms with Gasteiger partial charge in [0.25, 0.3) is 0 Å². The Balaban J connectivity index is 0.00000121. The van der Waals surface area contributed by atoms with Crippen molar-refractivity contribution in [3.8, 4) is 5.75 Å². The molecule has 0 aliphatic heterocycles. The summed E-state index contributed by atoms with van der Waals surface area (Å²) in [5.41, 5.74) is 6.04. The summed E-state index contributed by atoms with van der Waals surface area (Å²) in [5, 5.41) is 0. The Morgan fingerprint density at radius 2 is 1.83 bits per heavy atom. The minimum atomic E-state index is 0. The van der Waals surface area contributed by atoms with Crippen molar-refractivity contribution in [1.82, 2.24) is 0 Å². The average Bonchev–Trinajstić information content (AvgIpc) is 2.07. The molecule has 0 unspecified atom stereocenters. The van der Waals surface area contributed by atoms with Gasteiger partial charge in [0.2, 0.25) is 0 Å². The van der Waals surface area contributed by atoms with Crippen LogP contribution in [0.15, 0.2) is 30.5 Å². The van der Waals surface area contributed by atoms with Gasteiger partial charge in [-0.1, -0.05) is 18.3 Å². The molecule has 3 nitrogen and oxygen atoms in total. The van der Waals surface area contributed by atoms with Crippen LogP contribution in [0.2, 0.25) is 0 Å². The van der Waals surface area contributed by atoms with Gasteiger partial charge < -0.3 is 10.6 Å². The average molecular weight is 215 g/mol. The van der Waals surface area contributed by atoms with E-state index in [-0.39, 0.29) is 19.5 Å². The maximum atomic E-state index is 5.14. The SMILES string of the molecule is NC=[C-]c1ccc(ON)cc1.[Zn]. The summed E-state index contributed by atoms with van der Waals surface area (Å²) >= 11 is 0. The van der Waals surface area contributed by atoms with Crippen molar-refractivity contribution in [1.29, 1.82) is 0 Å². The molecule has 1 rings (SSSR count). The van der Waals surface area contributed by atoms with E-state index >= 15 is 0 Å². The molecule has 0 atom stereocenters. The van der Waals surface area contributed by atoms with Crippen LogP contribution in [0.25, 0.3) is 0 Å². The number of hydrogen-bond acceptors (Lipinski definition) is 3. The maximum absolute atomic E-state index is 5.14. The molecule has 60 valence electrons. The van der Waals surface area contributed by atoms with Gasteiger partial charge in [-0.05, 0) is 0 Å². The van der Waals surface area contributed by atoms with Crippen LogP contribution in [-0.4, -0.2) is 0 Å². The smallest absolute Gasteiger partial charge is 0.122 e. The zero-order valence-electron chi connectivity index (χ0n) is 6.66. The summed E-state index contributed by atoms with van der Waals surface area (Å²) in [4.78, 5) is 4.48. The molecular weight excluding hydrogens is 205 g/mol. The van der Waals surface area contributed by atoms with E-state index in [4.69, 9.17) is 11.6 Å². The topological polar surface area (TPSA) is 61.3 Å². The van der Waals surface area contributed by atoms with E-state index in [0.29, 0.717) is 5.75 Å². The Bertz CT molecular complexity index is 246. The van der Waals surface area contributed by atoms with Crippen LogP contribution in [-0.2, 0) is 19.5 Å². The molecule has 0 aliphatic carbocycles. The Morgan fingerprint density at radius 1 is 1.25 bits per heavy atom. The van der Waals surface area contributed by atoms with Crippen molar-refractivity contribution in [2.75, 3.05) is 0 Å². The Hall–Kier alpha value is -0.857. The molecule has 0 amide bonds. The van der Waals surface area contributed by atoms with E-state index < -0.39 is 0 Å². The van der Waals surface area contributed by atoms with Gasteiger partial charge >= 0.3 is 0 Å². The zero-order chi connectivity index (χ0) is 8.10. The molecule has 4 N–H and O–H groups in total. The monoisotopic (exact) mass is 213 g/mol.